The molecule has 1 aromatic heterocycles. The van der Waals surface area contributed by atoms with Gasteiger partial charge in [-0.2, -0.15) is 0 Å². The number of rotatable bonds is 3. The zero-order chi connectivity index (χ0) is 13.9. The molecule has 1 aromatic carbocycles. The van der Waals surface area contributed by atoms with Crippen molar-refractivity contribution in [1.29, 1.82) is 0 Å². The minimum absolute atomic E-state index is 0.567. The average molecular weight is 268 g/mol. The minimum atomic E-state index is 0.567. The summed E-state index contributed by atoms with van der Waals surface area (Å²) in [5.74, 6) is 2.37. The van der Waals surface area contributed by atoms with Crippen LogP contribution in [0.3, 0.4) is 0 Å². The van der Waals surface area contributed by atoms with Crippen LogP contribution >= 0.6 is 0 Å². The second-order valence-electron chi connectivity index (χ2n) is 5.26. The first-order valence-corrected chi connectivity index (χ1v) is 7.21. The number of aryl methyl sites for hydroxylation is 1. The van der Waals surface area contributed by atoms with E-state index in [0.29, 0.717) is 5.82 Å². The monoisotopic (exact) mass is 268 g/mol. The lowest BCUT2D eigenvalue weighted by atomic mass is 10.00. The van der Waals surface area contributed by atoms with E-state index in [2.05, 4.69) is 46.1 Å². The number of anilines is 2. The van der Waals surface area contributed by atoms with Gasteiger partial charge in [-0.1, -0.05) is 31.2 Å². The molecule has 0 saturated carbocycles. The Morgan fingerprint density at radius 1 is 1.20 bits per heavy atom. The van der Waals surface area contributed by atoms with Gasteiger partial charge in [-0.05, 0) is 24.0 Å². The van der Waals surface area contributed by atoms with Gasteiger partial charge < -0.3 is 10.6 Å². The number of fused-ring (bicyclic) bond motifs is 1. The molecular formula is C16H20N4. The average Bonchev–Trinajstić information content (AvgIpc) is 2.46. The van der Waals surface area contributed by atoms with Crippen molar-refractivity contribution in [3.05, 3.63) is 47.3 Å². The Bertz CT molecular complexity index is 609. The van der Waals surface area contributed by atoms with Crippen LogP contribution in [0.2, 0.25) is 0 Å². The number of nitrogen functional groups attached to an aromatic ring is 1. The minimum Gasteiger partial charge on any atom is -0.384 e. The van der Waals surface area contributed by atoms with Crippen molar-refractivity contribution < 1.29 is 0 Å². The summed E-state index contributed by atoms with van der Waals surface area (Å²) in [5, 5.41) is 0. The Labute approximate surface area is 119 Å². The standard InChI is InChI=1S/C16H20N4/c1-2-5-15-18-14(17)10-16(19-15)20-9-8-12-6-3-4-7-13(12)11-20/h3-4,6-7,10H,2,5,8-9,11H2,1H3,(H2,17,18,19). The lowest BCUT2D eigenvalue weighted by Crippen LogP contribution is -2.31. The van der Waals surface area contributed by atoms with E-state index in [1.807, 2.05) is 6.07 Å². The molecule has 1 aliphatic heterocycles. The van der Waals surface area contributed by atoms with Gasteiger partial charge in [-0.15, -0.1) is 0 Å². The number of nitrogens with zero attached hydrogens (tertiary/aromatic N) is 3. The maximum Gasteiger partial charge on any atom is 0.134 e. The molecule has 0 radical (unpaired) electrons. The molecule has 20 heavy (non-hydrogen) atoms. The molecular weight excluding hydrogens is 248 g/mol. The predicted octanol–water partition coefficient (Wildman–Crippen LogP) is 2.57. The molecule has 2 N–H and O–H groups in total. The molecule has 0 aliphatic carbocycles. The third-order valence-corrected chi connectivity index (χ3v) is 3.71. The Morgan fingerprint density at radius 3 is 2.80 bits per heavy atom. The highest BCUT2D eigenvalue weighted by atomic mass is 15.2. The van der Waals surface area contributed by atoms with Gasteiger partial charge in [0.25, 0.3) is 0 Å². The Balaban J connectivity index is 1.87. The highest BCUT2D eigenvalue weighted by molar-refractivity contribution is 5.49. The maximum absolute atomic E-state index is 5.91. The second kappa shape index (κ2) is 5.49. The highest BCUT2D eigenvalue weighted by Crippen LogP contribution is 2.24. The van der Waals surface area contributed by atoms with Crippen molar-refractivity contribution in [3.8, 4) is 0 Å². The molecule has 2 aromatic rings. The van der Waals surface area contributed by atoms with Gasteiger partial charge in [-0.3, -0.25) is 0 Å². The first kappa shape index (κ1) is 12.9. The summed E-state index contributed by atoms with van der Waals surface area (Å²) < 4.78 is 0. The van der Waals surface area contributed by atoms with Crippen molar-refractivity contribution in [2.24, 2.45) is 0 Å². The van der Waals surface area contributed by atoms with E-state index < -0.39 is 0 Å². The molecule has 0 atom stereocenters. The molecule has 4 heteroatoms. The van der Waals surface area contributed by atoms with Gasteiger partial charge in [0.05, 0.1) is 0 Å². The van der Waals surface area contributed by atoms with Crippen molar-refractivity contribution in [2.45, 2.75) is 32.7 Å². The van der Waals surface area contributed by atoms with E-state index in [1.165, 1.54) is 11.1 Å². The van der Waals surface area contributed by atoms with Crippen molar-refractivity contribution in [2.75, 3.05) is 17.2 Å². The summed E-state index contributed by atoms with van der Waals surface area (Å²) in [4.78, 5) is 11.2. The third-order valence-electron chi connectivity index (χ3n) is 3.71. The van der Waals surface area contributed by atoms with Crippen molar-refractivity contribution in [3.63, 3.8) is 0 Å². The van der Waals surface area contributed by atoms with E-state index in [1.54, 1.807) is 0 Å². The number of nitrogens with two attached hydrogens (primary N) is 1. The summed E-state index contributed by atoms with van der Waals surface area (Å²) in [6.45, 7) is 4.01. The lowest BCUT2D eigenvalue weighted by Gasteiger charge is -2.30. The summed E-state index contributed by atoms with van der Waals surface area (Å²) in [5.41, 5.74) is 8.74. The molecule has 0 unspecified atom stereocenters. The van der Waals surface area contributed by atoms with Crippen LogP contribution < -0.4 is 10.6 Å². The molecule has 0 fully saturated rings. The Hall–Kier alpha value is -2.10. The predicted molar refractivity (Wildman–Crippen MR) is 81.6 cm³/mol. The molecule has 0 spiro atoms. The quantitative estimate of drug-likeness (QED) is 0.929. The number of benzene rings is 1. The van der Waals surface area contributed by atoms with Crippen LogP contribution in [0.4, 0.5) is 11.6 Å². The lowest BCUT2D eigenvalue weighted by molar-refractivity contribution is 0.712. The molecule has 1 aliphatic rings. The fourth-order valence-corrected chi connectivity index (χ4v) is 2.69. The summed E-state index contributed by atoms with van der Waals surface area (Å²) >= 11 is 0. The van der Waals surface area contributed by atoms with E-state index in [4.69, 9.17) is 5.73 Å². The first-order chi connectivity index (χ1) is 9.76. The summed E-state index contributed by atoms with van der Waals surface area (Å²) in [6.07, 6.45) is 2.97. The summed E-state index contributed by atoms with van der Waals surface area (Å²) in [7, 11) is 0. The smallest absolute Gasteiger partial charge is 0.134 e. The van der Waals surface area contributed by atoms with Gasteiger partial charge >= 0.3 is 0 Å². The van der Waals surface area contributed by atoms with Crippen LogP contribution in [0.5, 0.6) is 0 Å². The largest absolute Gasteiger partial charge is 0.384 e. The zero-order valence-electron chi connectivity index (χ0n) is 11.8. The topological polar surface area (TPSA) is 55.0 Å². The van der Waals surface area contributed by atoms with Crippen LogP contribution in [0.1, 0.15) is 30.3 Å². The second-order valence-corrected chi connectivity index (χ2v) is 5.26. The Kier molecular flexibility index (Phi) is 3.54. The van der Waals surface area contributed by atoms with Gasteiger partial charge in [0, 0.05) is 25.6 Å². The van der Waals surface area contributed by atoms with Crippen LogP contribution in [0, 0.1) is 0 Å². The van der Waals surface area contributed by atoms with E-state index in [0.717, 1.165) is 44.0 Å². The van der Waals surface area contributed by atoms with Crippen LogP contribution in [-0.4, -0.2) is 16.5 Å². The number of aromatic nitrogens is 2. The van der Waals surface area contributed by atoms with Crippen LogP contribution in [0.15, 0.2) is 30.3 Å². The summed E-state index contributed by atoms with van der Waals surface area (Å²) in [6, 6.07) is 10.5. The van der Waals surface area contributed by atoms with Gasteiger partial charge in [-0.25, -0.2) is 9.97 Å². The molecule has 0 amide bonds. The van der Waals surface area contributed by atoms with Crippen LogP contribution in [-0.2, 0) is 19.4 Å². The first-order valence-electron chi connectivity index (χ1n) is 7.21. The molecule has 0 saturated heterocycles. The van der Waals surface area contributed by atoms with Crippen molar-refractivity contribution >= 4 is 11.6 Å². The zero-order valence-corrected chi connectivity index (χ0v) is 11.8. The van der Waals surface area contributed by atoms with E-state index in [-0.39, 0.29) is 0 Å². The molecule has 0 bridgehead atoms. The molecule has 4 nitrogen and oxygen atoms in total. The number of hydrogen-bond acceptors (Lipinski definition) is 4. The van der Waals surface area contributed by atoms with E-state index in [9.17, 15) is 0 Å². The normalized spacial score (nSPS) is 14.2. The van der Waals surface area contributed by atoms with Gasteiger partial charge in [0.2, 0.25) is 0 Å². The molecule has 3 rings (SSSR count). The third kappa shape index (κ3) is 2.59. The fraction of sp³-hybridized carbons (Fsp3) is 0.375. The van der Waals surface area contributed by atoms with Gasteiger partial charge in [0.1, 0.15) is 17.5 Å². The molecule has 104 valence electrons. The van der Waals surface area contributed by atoms with Gasteiger partial charge in [0.15, 0.2) is 0 Å². The van der Waals surface area contributed by atoms with Crippen LogP contribution in [0.25, 0.3) is 0 Å². The Morgan fingerprint density at radius 2 is 2.00 bits per heavy atom. The SMILES string of the molecule is CCCc1nc(N)cc(N2CCc3ccccc3C2)n1. The maximum atomic E-state index is 5.91. The number of hydrogen-bond donors (Lipinski definition) is 1. The fourth-order valence-electron chi connectivity index (χ4n) is 2.69. The van der Waals surface area contributed by atoms with Crippen molar-refractivity contribution in [1.82, 2.24) is 9.97 Å². The molecule has 2 heterocycles. The van der Waals surface area contributed by atoms with E-state index >= 15 is 0 Å². The highest BCUT2D eigenvalue weighted by Gasteiger charge is 2.18.